The Morgan fingerprint density at radius 3 is 1.71 bits per heavy atom. The zero-order chi connectivity index (χ0) is 22.3. The van der Waals surface area contributed by atoms with Gasteiger partial charge in [0.25, 0.3) is 0 Å². The highest BCUT2D eigenvalue weighted by atomic mass is 35.5. The van der Waals surface area contributed by atoms with Gasteiger partial charge in [-0.2, -0.15) is 48.3 Å². The number of alkyl halides is 11. The first-order valence-corrected chi connectivity index (χ1v) is 6.97. The second-order valence-electron chi connectivity index (χ2n) is 4.75. The average Bonchev–Trinajstić information content (AvgIpc) is 2.46. The minimum atomic E-state index is -7.30. The molecule has 0 aliphatic heterocycles. The van der Waals surface area contributed by atoms with Gasteiger partial charge in [-0.05, 0) is 18.2 Å². The molecule has 1 atom stereocenters. The van der Waals surface area contributed by atoms with E-state index in [1.165, 1.54) is 0 Å². The molecular formula is C12H3Cl2F11O3. The fraction of sp³-hybridized carbons (Fsp3) is 0.417. The van der Waals surface area contributed by atoms with Gasteiger partial charge >= 0.3 is 36.2 Å². The van der Waals surface area contributed by atoms with Crippen molar-refractivity contribution in [3.05, 3.63) is 28.2 Å². The van der Waals surface area contributed by atoms with Gasteiger partial charge < -0.3 is 4.74 Å². The normalized spacial score (nSPS) is 15.9. The van der Waals surface area contributed by atoms with E-state index >= 15 is 0 Å². The maximum Gasteiger partial charge on any atom is 0.462 e. The Morgan fingerprint density at radius 2 is 1.32 bits per heavy atom. The summed E-state index contributed by atoms with van der Waals surface area (Å²) in [6, 6.07) is 2.09. The third-order valence-corrected chi connectivity index (χ3v) is 3.24. The van der Waals surface area contributed by atoms with E-state index < -0.39 is 47.0 Å². The zero-order valence-corrected chi connectivity index (χ0v) is 13.9. The molecule has 0 saturated carbocycles. The van der Waals surface area contributed by atoms with E-state index in [9.17, 15) is 53.1 Å². The molecule has 16 heteroatoms. The number of carbonyl (C=O) groups excluding carboxylic acids is 1. The Morgan fingerprint density at radius 1 is 0.821 bits per heavy atom. The number of halogens is 13. The van der Waals surface area contributed by atoms with Crippen LogP contribution in [0.5, 0.6) is 5.75 Å². The Kier molecular flexibility index (Phi) is 6.45. The van der Waals surface area contributed by atoms with Gasteiger partial charge in [-0.3, -0.25) is 4.74 Å². The number of hydrogen-bond donors (Lipinski definition) is 0. The Hall–Kier alpha value is -1.54. The average molecular weight is 475 g/mol. The number of rotatable bonds is 5. The van der Waals surface area contributed by atoms with E-state index in [0.29, 0.717) is 6.07 Å². The molecule has 0 saturated heterocycles. The molecule has 0 aromatic heterocycles. The second-order valence-corrected chi connectivity index (χ2v) is 5.59. The minimum absolute atomic E-state index is 0.181. The maximum absolute atomic E-state index is 13.9. The molecule has 0 aliphatic rings. The van der Waals surface area contributed by atoms with Crippen molar-refractivity contribution in [2.24, 2.45) is 0 Å². The number of hydrogen-bond acceptors (Lipinski definition) is 3. The first kappa shape index (κ1) is 24.5. The van der Waals surface area contributed by atoms with Crippen LogP contribution in [0, 0.1) is 0 Å². The fourth-order valence-electron chi connectivity index (χ4n) is 1.34. The summed E-state index contributed by atoms with van der Waals surface area (Å²) in [6.45, 7) is 0. The molecular weight excluding hydrogens is 472 g/mol. The predicted octanol–water partition coefficient (Wildman–Crippen LogP) is 5.93. The Bertz CT molecular complexity index is 747. The Labute approximate surface area is 156 Å². The van der Waals surface area contributed by atoms with Gasteiger partial charge in [-0.1, -0.05) is 23.2 Å². The van der Waals surface area contributed by atoms with Crippen LogP contribution in [0.1, 0.15) is 0 Å². The lowest BCUT2D eigenvalue weighted by atomic mass is 10.2. The molecule has 0 amide bonds. The van der Waals surface area contributed by atoms with Crippen LogP contribution < -0.4 is 4.74 Å². The van der Waals surface area contributed by atoms with Gasteiger partial charge in [-0.15, -0.1) is 0 Å². The van der Waals surface area contributed by atoms with Crippen LogP contribution in [0.4, 0.5) is 48.3 Å². The van der Waals surface area contributed by atoms with Gasteiger partial charge in [0, 0.05) is 5.02 Å². The summed E-state index contributed by atoms with van der Waals surface area (Å²) in [5, 5.41) is -0.947. The van der Waals surface area contributed by atoms with Crippen LogP contribution in [-0.4, -0.2) is 36.2 Å². The molecule has 0 N–H and O–H groups in total. The molecule has 0 bridgehead atoms. The number of carbonyl (C=O) groups is 1. The van der Waals surface area contributed by atoms with Crippen LogP contribution in [0.25, 0.3) is 0 Å². The second kappa shape index (κ2) is 7.37. The molecule has 0 unspecified atom stereocenters. The van der Waals surface area contributed by atoms with E-state index in [-0.39, 0.29) is 5.02 Å². The molecule has 160 valence electrons. The molecule has 0 heterocycles. The third kappa shape index (κ3) is 4.54. The third-order valence-electron chi connectivity index (χ3n) is 2.71. The van der Waals surface area contributed by atoms with E-state index in [1.807, 2.05) is 4.74 Å². The smallest absolute Gasteiger partial charge is 0.420 e. The lowest BCUT2D eigenvalue weighted by Gasteiger charge is -2.33. The minimum Gasteiger partial charge on any atom is -0.420 e. The summed E-state index contributed by atoms with van der Waals surface area (Å²) in [7, 11) is 0. The van der Waals surface area contributed by atoms with Crippen molar-refractivity contribution in [1.29, 1.82) is 0 Å². The lowest BCUT2D eigenvalue weighted by molar-refractivity contribution is -0.474. The van der Waals surface area contributed by atoms with Crippen LogP contribution in [0.15, 0.2) is 18.2 Å². The monoisotopic (exact) mass is 474 g/mol. The molecule has 3 nitrogen and oxygen atoms in total. The number of ether oxygens (including phenoxy) is 2. The fourth-order valence-corrected chi connectivity index (χ4v) is 1.79. The van der Waals surface area contributed by atoms with Crippen molar-refractivity contribution in [1.82, 2.24) is 0 Å². The summed E-state index contributed by atoms with van der Waals surface area (Å²) in [4.78, 5) is 11.4. The van der Waals surface area contributed by atoms with E-state index in [4.69, 9.17) is 23.2 Å². The predicted molar refractivity (Wildman–Crippen MR) is 69.0 cm³/mol. The molecule has 1 aromatic rings. The standard InChI is InChI=1S/C12H3Cl2F11O3/c13-4-1-2-6(5(14)3-4)27-7(26)8(15,10(18,19)20)28-12(24,25)9(16,17)11(21,22)23/h1-3H/t8-/m1/s1. The molecule has 0 radical (unpaired) electrons. The Balaban J connectivity index is 3.34. The van der Waals surface area contributed by atoms with Crippen molar-refractivity contribution in [3.8, 4) is 5.75 Å². The highest BCUT2D eigenvalue weighted by Crippen LogP contribution is 2.51. The molecule has 0 spiro atoms. The number of esters is 1. The van der Waals surface area contributed by atoms with Crippen LogP contribution in [-0.2, 0) is 9.53 Å². The molecule has 0 fully saturated rings. The van der Waals surface area contributed by atoms with Gasteiger partial charge in [0.2, 0.25) is 0 Å². The van der Waals surface area contributed by atoms with Crippen molar-refractivity contribution in [3.63, 3.8) is 0 Å². The SMILES string of the molecule is O=C(Oc1ccc(Cl)cc1Cl)[C@@](F)(OC(F)(F)C(F)(F)C(F)(F)F)C(F)(F)F. The quantitative estimate of drug-likeness (QED) is 0.301. The van der Waals surface area contributed by atoms with Gasteiger partial charge in [0.15, 0.2) is 0 Å². The summed E-state index contributed by atoms with van der Waals surface area (Å²) >= 11 is 10.8. The van der Waals surface area contributed by atoms with Crippen molar-refractivity contribution >= 4 is 29.2 Å². The summed E-state index contributed by atoms with van der Waals surface area (Å²) in [6.07, 6.45) is -21.2. The van der Waals surface area contributed by atoms with Crippen molar-refractivity contribution in [2.45, 2.75) is 30.2 Å². The molecule has 1 rings (SSSR count). The van der Waals surface area contributed by atoms with Crippen molar-refractivity contribution in [2.75, 3.05) is 0 Å². The van der Waals surface area contributed by atoms with Crippen LogP contribution in [0.2, 0.25) is 10.0 Å². The van der Waals surface area contributed by atoms with E-state index in [1.54, 1.807) is 0 Å². The van der Waals surface area contributed by atoms with E-state index in [2.05, 4.69) is 4.74 Å². The highest BCUT2D eigenvalue weighted by Gasteiger charge is 2.80. The number of benzene rings is 1. The highest BCUT2D eigenvalue weighted by molar-refractivity contribution is 6.35. The van der Waals surface area contributed by atoms with Gasteiger partial charge in [0.1, 0.15) is 5.75 Å². The van der Waals surface area contributed by atoms with Gasteiger partial charge in [-0.25, -0.2) is 4.79 Å². The van der Waals surface area contributed by atoms with E-state index in [0.717, 1.165) is 12.1 Å². The lowest BCUT2D eigenvalue weighted by Crippen LogP contribution is -2.62. The summed E-state index contributed by atoms with van der Waals surface area (Å²) in [5.41, 5.74) is 0. The first-order chi connectivity index (χ1) is 12.3. The van der Waals surface area contributed by atoms with Gasteiger partial charge in [0.05, 0.1) is 5.02 Å². The summed E-state index contributed by atoms with van der Waals surface area (Å²) < 4.78 is 145. The molecule has 0 aliphatic carbocycles. The largest absolute Gasteiger partial charge is 0.462 e. The van der Waals surface area contributed by atoms with Crippen molar-refractivity contribution < 1.29 is 62.6 Å². The molecule has 28 heavy (non-hydrogen) atoms. The zero-order valence-electron chi connectivity index (χ0n) is 12.4. The first-order valence-electron chi connectivity index (χ1n) is 6.22. The molecule has 1 aromatic carbocycles. The maximum atomic E-state index is 13.9. The van der Waals surface area contributed by atoms with Crippen LogP contribution >= 0.6 is 23.2 Å². The summed E-state index contributed by atoms with van der Waals surface area (Å²) in [5.74, 6) is -18.3. The topological polar surface area (TPSA) is 35.5 Å². The van der Waals surface area contributed by atoms with Crippen LogP contribution in [0.3, 0.4) is 0 Å².